The first-order valence-electron chi connectivity index (χ1n) is 11.1. The van der Waals surface area contributed by atoms with E-state index in [4.69, 9.17) is 15.5 Å². The molecule has 164 valence electrons. The lowest BCUT2D eigenvalue weighted by Crippen LogP contribution is -2.51. The lowest BCUT2D eigenvalue weighted by atomic mass is 9.73. The highest BCUT2D eigenvalue weighted by Crippen LogP contribution is 2.42. The smallest absolute Gasteiger partial charge is 0.211 e. The van der Waals surface area contributed by atoms with Crippen LogP contribution in [0, 0.1) is 5.41 Å². The second kappa shape index (κ2) is 7.72. The summed E-state index contributed by atoms with van der Waals surface area (Å²) in [5.74, 6) is 0.933. The Balaban J connectivity index is 1.29. The minimum atomic E-state index is 0.0970. The first kappa shape index (κ1) is 20.0. The van der Waals surface area contributed by atoms with E-state index in [9.17, 15) is 0 Å². The van der Waals surface area contributed by atoms with Crippen LogP contribution in [0.5, 0.6) is 0 Å². The van der Waals surface area contributed by atoms with Gasteiger partial charge in [0, 0.05) is 54.7 Å². The highest BCUT2D eigenvalue weighted by Gasteiger charge is 2.47. The van der Waals surface area contributed by atoms with Crippen LogP contribution < -0.4 is 10.6 Å². The Morgan fingerprint density at radius 1 is 1.09 bits per heavy atom. The number of benzene rings is 1. The molecular formula is C24H26N6OS. The van der Waals surface area contributed by atoms with Crippen LogP contribution in [-0.4, -0.2) is 51.2 Å². The molecule has 4 aromatic rings. The van der Waals surface area contributed by atoms with Crippen LogP contribution in [0.25, 0.3) is 16.4 Å². The number of hydrogen-bond donors (Lipinski definition) is 1. The summed E-state index contributed by atoms with van der Waals surface area (Å²) in [5, 5.41) is 3.28. The Kier molecular flexibility index (Phi) is 4.82. The normalized spacial score (nSPS) is 22.9. The number of ether oxygens (including phenoxy) is 1. The number of fused-ring (bicyclic) bond motifs is 2. The van der Waals surface area contributed by atoms with Gasteiger partial charge in [-0.1, -0.05) is 36.0 Å². The third-order valence-electron chi connectivity index (χ3n) is 7.11. The second-order valence-electron chi connectivity index (χ2n) is 8.87. The van der Waals surface area contributed by atoms with Crippen LogP contribution in [0.4, 0.5) is 5.95 Å². The zero-order chi connectivity index (χ0) is 21.7. The molecule has 2 aliphatic heterocycles. The molecule has 0 unspecified atom stereocenters. The minimum absolute atomic E-state index is 0.0970. The van der Waals surface area contributed by atoms with Gasteiger partial charge < -0.3 is 15.4 Å². The molecule has 2 aliphatic rings. The lowest BCUT2D eigenvalue weighted by Gasteiger charge is -2.41. The SMILES string of the molecule is C[C@@H]1OCC2(CCN(c3ncc(Sc4nccc5ccccc45)c4nccn34)CC2)[C@@H]1N. The van der Waals surface area contributed by atoms with Gasteiger partial charge in [-0.25, -0.2) is 15.0 Å². The largest absolute Gasteiger partial charge is 0.376 e. The molecule has 2 saturated heterocycles. The number of rotatable bonds is 3. The molecule has 6 rings (SSSR count). The number of aromatic nitrogens is 4. The highest BCUT2D eigenvalue weighted by molar-refractivity contribution is 7.99. The van der Waals surface area contributed by atoms with E-state index < -0.39 is 0 Å². The number of nitrogens with zero attached hydrogens (tertiary/aromatic N) is 5. The molecule has 8 heteroatoms. The zero-order valence-corrected chi connectivity index (χ0v) is 18.8. The third-order valence-corrected chi connectivity index (χ3v) is 8.13. The Labute approximate surface area is 191 Å². The van der Waals surface area contributed by atoms with E-state index in [1.54, 1.807) is 11.8 Å². The number of hydrogen-bond acceptors (Lipinski definition) is 7. The van der Waals surface area contributed by atoms with Gasteiger partial charge in [0.05, 0.1) is 17.6 Å². The zero-order valence-electron chi connectivity index (χ0n) is 18.0. The van der Waals surface area contributed by atoms with Gasteiger partial charge in [0.25, 0.3) is 0 Å². The molecular weight excluding hydrogens is 420 g/mol. The fraction of sp³-hybridized carbons (Fsp3) is 0.375. The molecule has 0 aliphatic carbocycles. The van der Waals surface area contributed by atoms with Gasteiger partial charge in [0.15, 0.2) is 5.65 Å². The number of anilines is 1. The quantitative estimate of drug-likeness (QED) is 0.513. The Morgan fingerprint density at radius 3 is 2.75 bits per heavy atom. The Bertz CT molecular complexity index is 1280. The van der Waals surface area contributed by atoms with Crippen LogP contribution in [0.2, 0.25) is 0 Å². The fourth-order valence-corrected chi connectivity index (χ4v) is 6.06. The molecule has 2 fully saturated rings. The average molecular weight is 447 g/mol. The predicted molar refractivity (Wildman–Crippen MR) is 126 cm³/mol. The van der Waals surface area contributed by atoms with E-state index in [0.717, 1.165) is 59.4 Å². The minimum Gasteiger partial charge on any atom is -0.376 e. The van der Waals surface area contributed by atoms with Crippen LogP contribution in [0.3, 0.4) is 0 Å². The van der Waals surface area contributed by atoms with Gasteiger partial charge in [0.1, 0.15) is 5.03 Å². The summed E-state index contributed by atoms with van der Waals surface area (Å²) >= 11 is 1.61. The lowest BCUT2D eigenvalue weighted by molar-refractivity contribution is 0.0973. The van der Waals surface area contributed by atoms with E-state index >= 15 is 0 Å². The van der Waals surface area contributed by atoms with Crippen molar-refractivity contribution in [2.24, 2.45) is 11.1 Å². The van der Waals surface area contributed by atoms with E-state index in [1.807, 2.05) is 43.0 Å². The van der Waals surface area contributed by atoms with Gasteiger partial charge in [-0.2, -0.15) is 0 Å². The van der Waals surface area contributed by atoms with Gasteiger partial charge in [0.2, 0.25) is 5.95 Å². The van der Waals surface area contributed by atoms with Gasteiger partial charge in [-0.3, -0.25) is 4.40 Å². The standard InChI is InChI=1S/C24H26N6OS/c1-16-20(25)24(15-31-16)7-11-29(12-8-24)23-28-14-19(21-26-10-13-30(21)23)32-22-18-5-3-2-4-17(18)6-9-27-22/h2-6,9-10,13-14,16,20H,7-8,11-12,15,25H2,1H3/t16-,20+/m0/s1. The second-order valence-corrected chi connectivity index (χ2v) is 9.90. The first-order chi connectivity index (χ1) is 15.6. The highest BCUT2D eigenvalue weighted by atomic mass is 32.2. The van der Waals surface area contributed by atoms with E-state index in [2.05, 4.69) is 38.3 Å². The molecule has 2 atom stereocenters. The van der Waals surface area contributed by atoms with Crippen LogP contribution in [-0.2, 0) is 4.74 Å². The van der Waals surface area contributed by atoms with Crippen molar-refractivity contribution < 1.29 is 4.74 Å². The summed E-state index contributed by atoms with van der Waals surface area (Å²) in [6.45, 7) is 4.69. The molecule has 3 aromatic heterocycles. The van der Waals surface area contributed by atoms with Gasteiger partial charge in [-0.15, -0.1) is 0 Å². The molecule has 32 heavy (non-hydrogen) atoms. The maximum atomic E-state index is 6.50. The van der Waals surface area contributed by atoms with E-state index in [-0.39, 0.29) is 17.6 Å². The van der Waals surface area contributed by atoms with Crippen molar-refractivity contribution in [1.82, 2.24) is 19.4 Å². The first-order valence-corrected chi connectivity index (χ1v) is 11.9. The van der Waals surface area contributed by atoms with Crippen molar-refractivity contribution in [1.29, 1.82) is 0 Å². The van der Waals surface area contributed by atoms with Crippen molar-refractivity contribution in [2.75, 3.05) is 24.6 Å². The molecule has 0 saturated carbocycles. The van der Waals surface area contributed by atoms with Crippen molar-refractivity contribution in [2.45, 2.75) is 41.8 Å². The topological polar surface area (TPSA) is 81.6 Å². The van der Waals surface area contributed by atoms with Crippen LogP contribution in [0.1, 0.15) is 19.8 Å². The molecule has 0 amide bonds. The average Bonchev–Trinajstić information content (AvgIpc) is 3.42. The maximum Gasteiger partial charge on any atom is 0.211 e. The fourth-order valence-electron chi connectivity index (χ4n) is 5.09. The molecule has 1 aromatic carbocycles. The number of imidazole rings is 1. The third kappa shape index (κ3) is 3.17. The molecule has 7 nitrogen and oxygen atoms in total. The molecule has 0 radical (unpaired) electrons. The van der Waals surface area contributed by atoms with Crippen LogP contribution >= 0.6 is 11.8 Å². The van der Waals surface area contributed by atoms with E-state index in [0.29, 0.717) is 0 Å². The van der Waals surface area contributed by atoms with E-state index in [1.165, 1.54) is 5.39 Å². The van der Waals surface area contributed by atoms with Gasteiger partial charge in [-0.05, 0) is 31.2 Å². The van der Waals surface area contributed by atoms with Crippen molar-refractivity contribution in [3.8, 4) is 0 Å². The molecule has 2 N–H and O–H groups in total. The van der Waals surface area contributed by atoms with Crippen molar-refractivity contribution >= 4 is 34.1 Å². The number of pyridine rings is 1. The molecule has 0 bridgehead atoms. The van der Waals surface area contributed by atoms with Crippen molar-refractivity contribution in [3.63, 3.8) is 0 Å². The van der Waals surface area contributed by atoms with Crippen molar-refractivity contribution in [3.05, 3.63) is 55.1 Å². The molecule has 1 spiro atoms. The molecule has 5 heterocycles. The number of piperidine rings is 1. The maximum absolute atomic E-state index is 6.50. The summed E-state index contributed by atoms with van der Waals surface area (Å²) < 4.78 is 7.97. The summed E-state index contributed by atoms with van der Waals surface area (Å²) in [4.78, 5) is 17.5. The predicted octanol–water partition coefficient (Wildman–Crippen LogP) is 3.76. The summed E-state index contributed by atoms with van der Waals surface area (Å²) in [5.41, 5.74) is 7.50. The van der Waals surface area contributed by atoms with Crippen LogP contribution in [0.15, 0.2) is 65.0 Å². The number of nitrogens with two attached hydrogens (primary N) is 1. The monoisotopic (exact) mass is 446 g/mol. The summed E-state index contributed by atoms with van der Waals surface area (Å²) in [6.07, 6.45) is 9.81. The summed E-state index contributed by atoms with van der Waals surface area (Å²) in [7, 11) is 0. The Hall–Kier alpha value is -2.68. The Morgan fingerprint density at radius 2 is 1.94 bits per heavy atom. The summed E-state index contributed by atoms with van der Waals surface area (Å²) in [6, 6.07) is 10.5. The van der Waals surface area contributed by atoms with Gasteiger partial charge >= 0.3 is 0 Å².